The van der Waals surface area contributed by atoms with Crippen molar-refractivity contribution in [2.45, 2.75) is 55.6 Å². The van der Waals surface area contributed by atoms with Crippen molar-refractivity contribution in [3.05, 3.63) is 53.1 Å². The van der Waals surface area contributed by atoms with Crippen molar-refractivity contribution in [2.75, 3.05) is 30.1 Å². The molecule has 2 fully saturated rings. The Morgan fingerprint density at radius 1 is 1.07 bits per heavy atom. The van der Waals surface area contributed by atoms with Crippen LogP contribution in [0.25, 0.3) is 11.4 Å². The number of hydrogen-bond donors (Lipinski definition) is 2. The van der Waals surface area contributed by atoms with E-state index in [-0.39, 0.29) is 11.9 Å². The molecule has 4 aromatic rings. The molecule has 214 valence electrons. The number of halogens is 2. The predicted molar refractivity (Wildman–Crippen MR) is 146 cm³/mol. The van der Waals surface area contributed by atoms with E-state index in [2.05, 4.69) is 15.5 Å². The minimum absolute atomic E-state index is 0.0111. The Labute approximate surface area is 234 Å². The van der Waals surface area contributed by atoms with Crippen molar-refractivity contribution in [2.24, 2.45) is 0 Å². The van der Waals surface area contributed by atoms with E-state index < -0.39 is 32.1 Å². The lowest BCUT2D eigenvalue weighted by molar-refractivity contribution is 0.0816. The second kappa shape index (κ2) is 9.58. The van der Waals surface area contributed by atoms with E-state index in [0.717, 1.165) is 61.2 Å². The van der Waals surface area contributed by atoms with Gasteiger partial charge in [-0.05, 0) is 43.7 Å². The lowest BCUT2D eigenvalue weighted by Crippen LogP contribution is -2.19. The van der Waals surface area contributed by atoms with Crippen LogP contribution in [-0.2, 0) is 27.7 Å². The van der Waals surface area contributed by atoms with Gasteiger partial charge in [0.2, 0.25) is 5.95 Å². The molecule has 3 aliphatic rings. The zero-order valence-corrected chi connectivity index (χ0v) is 23.3. The minimum Gasteiger partial charge on any atom is -0.372 e. The summed E-state index contributed by atoms with van der Waals surface area (Å²) in [6.07, 6.45) is 6.94. The van der Waals surface area contributed by atoms with E-state index in [1.165, 1.54) is 11.9 Å². The highest BCUT2D eigenvalue weighted by Crippen LogP contribution is 2.48. The van der Waals surface area contributed by atoms with Crippen LogP contribution in [0.5, 0.6) is 0 Å². The summed E-state index contributed by atoms with van der Waals surface area (Å²) in [6.45, 7) is 1.61. The van der Waals surface area contributed by atoms with Crippen LogP contribution in [0, 0.1) is 11.6 Å². The number of aromatic nitrogens is 6. The van der Waals surface area contributed by atoms with Crippen molar-refractivity contribution < 1.29 is 21.9 Å². The number of anilines is 4. The molecule has 0 saturated heterocycles. The third-order valence-corrected chi connectivity index (χ3v) is 8.74. The van der Waals surface area contributed by atoms with Crippen LogP contribution in [-0.4, -0.2) is 58.0 Å². The predicted octanol–water partition coefficient (Wildman–Crippen LogP) is 4.54. The quantitative estimate of drug-likeness (QED) is 0.307. The molecule has 7 rings (SSSR count). The van der Waals surface area contributed by atoms with Crippen LogP contribution < -0.4 is 10.2 Å². The van der Waals surface area contributed by atoms with Gasteiger partial charge in [0.1, 0.15) is 35.3 Å². The standard InChI is InChI=1S/C27H28F2N8O3S/c1-36(25-17(28)9-16(10-18(25)29)41(2,38)39)27-32-24(20-12-37-7-8-40-13-22(37)30-20)23(15-5-6-15)26(33-27)31-21-11-19(34-35-21)14-3-4-14/h9-12,14-15H,3-8,13H2,1-2H3,(H2,31,32,33,34,35). The molecule has 0 radical (unpaired) electrons. The van der Waals surface area contributed by atoms with Gasteiger partial charge in [-0.25, -0.2) is 27.2 Å². The summed E-state index contributed by atoms with van der Waals surface area (Å²) in [5.74, 6) is 0.408. The van der Waals surface area contributed by atoms with Crippen LogP contribution in [0.3, 0.4) is 0 Å². The highest BCUT2D eigenvalue weighted by molar-refractivity contribution is 7.90. The molecule has 11 nitrogen and oxygen atoms in total. The molecule has 2 N–H and O–H groups in total. The number of rotatable bonds is 8. The molecular formula is C27H28F2N8O3S. The first-order chi connectivity index (χ1) is 19.7. The number of benzene rings is 1. The van der Waals surface area contributed by atoms with Crippen molar-refractivity contribution in [3.63, 3.8) is 0 Å². The van der Waals surface area contributed by atoms with Crippen molar-refractivity contribution >= 4 is 33.1 Å². The maximum absolute atomic E-state index is 15.2. The molecule has 1 aromatic carbocycles. The number of aromatic amines is 1. The highest BCUT2D eigenvalue weighted by atomic mass is 32.2. The number of ether oxygens (including phenoxy) is 1. The Hall–Kier alpha value is -3.91. The summed E-state index contributed by atoms with van der Waals surface area (Å²) in [5.41, 5.74) is 2.61. The maximum Gasteiger partial charge on any atom is 0.232 e. The Balaban J connectivity index is 1.37. The van der Waals surface area contributed by atoms with Gasteiger partial charge in [0, 0.05) is 49.3 Å². The summed E-state index contributed by atoms with van der Waals surface area (Å²) in [6, 6.07) is 3.56. The van der Waals surface area contributed by atoms with Gasteiger partial charge >= 0.3 is 0 Å². The van der Waals surface area contributed by atoms with Gasteiger partial charge in [0.25, 0.3) is 0 Å². The normalized spacial score (nSPS) is 17.0. The van der Waals surface area contributed by atoms with Crippen molar-refractivity contribution in [1.29, 1.82) is 0 Å². The zero-order valence-electron chi connectivity index (χ0n) is 22.5. The largest absolute Gasteiger partial charge is 0.372 e. The molecule has 0 spiro atoms. The summed E-state index contributed by atoms with van der Waals surface area (Å²) < 4.78 is 62.0. The lowest BCUT2D eigenvalue weighted by atomic mass is 10.1. The van der Waals surface area contributed by atoms with Crippen LogP contribution in [0.15, 0.2) is 29.3 Å². The molecule has 0 bridgehead atoms. The van der Waals surface area contributed by atoms with Gasteiger partial charge in [-0.2, -0.15) is 10.1 Å². The molecule has 41 heavy (non-hydrogen) atoms. The van der Waals surface area contributed by atoms with E-state index in [0.29, 0.717) is 48.7 Å². The molecule has 2 aliphatic carbocycles. The van der Waals surface area contributed by atoms with E-state index in [1.54, 1.807) is 0 Å². The van der Waals surface area contributed by atoms with Crippen LogP contribution in [0.1, 0.15) is 54.6 Å². The number of hydrogen-bond acceptors (Lipinski definition) is 9. The van der Waals surface area contributed by atoms with Crippen LogP contribution in [0.2, 0.25) is 0 Å². The minimum atomic E-state index is -3.82. The fourth-order valence-corrected chi connectivity index (χ4v) is 5.80. The molecule has 0 unspecified atom stereocenters. The van der Waals surface area contributed by atoms with E-state index in [1.807, 2.05) is 16.8 Å². The number of sulfone groups is 1. The first-order valence-electron chi connectivity index (χ1n) is 13.5. The van der Waals surface area contributed by atoms with Crippen molar-refractivity contribution in [1.82, 2.24) is 29.7 Å². The van der Waals surface area contributed by atoms with E-state index >= 15 is 8.78 Å². The van der Waals surface area contributed by atoms with Gasteiger partial charge in [-0.3, -0.25) is 5.10 Å². The van der Waals surface area contributed by atoms with Gasteiger partial charge in [-0.15, -0.1) is 0 Å². The summed E-state index contributed by atoms with van der Waals surface area (Å²) in [7, 11) is -2.38. The summed E-state index contributed by atoms with van der Waals surface area (Å²) >= 11 is 0. The first kappa shape index (κ1) is 26.0. The number of H-pyrrole nitrogens is 1. The Morgan fingerprint density at radius 3 is 2.46 bits per heavy atom. The Kier molecular flexibility index (Phi) is 6.08. The van der Waals surface area contributed by atoms with Crippen LogP contribution in [0.4, 0.5) is 32.1 Å². The van der Waals surface area contributed by atoms with Crippen LogP contribution >= 0.6 is 0 Å². The monoisotopic (exact) mass is 582 g/mol. The Morgan fingerprint density at radius 2 is 1.80 bits per heavy atom. The van der Waals surface area contributed by atoms with Gasteiger partial charge in [0.05, 0.1) is 11.5 Å². The molecule has 0 amide bonds. The third-order valence-electron chi connectivity index (χ3n) is 7.64. The average Bonchev–Trinajstić information content (AvgIpc) is 3.86. The topological polar surface area (TPSA) is 131 Å². The van der Waals surface area contributed by atoms with Crippen molar-refractivity contribution in [3.8, 4) is 11.4 Å². The first-order valence-corrected chi connectivity index (χ1v) is 15.4. The number of nitrogens with one attached hydrogen (secondary N) is 2. The Bertz CT molecular complexity index is 1730. The summed E-state index contributed by atoms with van der Waals surface area (Å²) in [4.78, 5) is 15.1. The highest BCUT2D eigenvalue weighted by Gasteiger charge is 2.34. The third kappa shape index (κ3) is 4.95. The molecule has 4 heterocycles. The fraction of sp³-hybridized carbons (Fsp3) is 0.407. The fourth-order valence-electron chi connectivity index (χ4n) is 5.16. The second-order valence-corrected chi connectivity index (χ2v) is 12.9. The molecule has 0 atom stereocenters. The number of fused-ring (bicyclic) bond motifs is 1. The summed E-state index contributed by atoms with van der Waals surface area (Å²) in [5, 5.41) is 10.8. The molecule has 3 aromatic heterocycles. The average molecular weight is 583 g/mol. The second-order valence-electron chi connectivity index (χ2n) is 10.9. The maximum atomic E-state index is 15.2. The molecular weight excluding hydrogens is 554 g/mol. The molecule has 1 aliphatic heterocycles. The molecule has 2 saturated carbocycles. The zero-order chi connectivity index (χ0) is 28.5. The number of nitrogens with zero attached hydrogens (tertiary/aromatic N) is 6. The van der Waals surface area contributed by atoms with Gasteiger partial charge < -0.3 is 19.5 Å². The number of imidazole rings is 1. The van der Waals surface area contributed by atoms with Gasteiger partial charge in [0.15, 0.2) is 27.3 Å². The van der Waals surface area contributed by atoms with Gasteiger partial charge in [-0.1, -0.05) is 0 Å². The SMILES string of the molecule is CN(c1nc(Nc2cc(C3CC3)[nH]n2)c(C2CC2)c(-c2cn3c(n2)COCC3)n1)c1c(F)cc(S(C)(=O)=O)cc1F. The van der Waals surface area contributed by atoms with E-state index in [4.69, 9.17) is 19.7 Å². The molecule has 14 heteroatoms. The lowest BCUT2D eigenvalue weighted by Gasteiger charge is -2.22. The van der Waals surface area contributed by atoms with E-state index in [9.17, 15) is 8.42 Å². The smallest absolute Gasteiger partial charge is 0.232 e.